The van der Waals surface area contributed by atoms with Crippen molar-refractivity contribution in [2.24, 2.45) is 0 Å². The molecule has 0 saturated heterocycles. The summed E-state index contributed by atoms with van der Waals surface area (Å²) in [5.74, 6) is -0.178. The van der Waals surface area contributed by atoms with E-state index in [0.717, 1.165) is 17.0 Å². The fourth-order valence-corrected chi connectivity index (χ4v) is 2.21. The molecular weight excluding hydrogens is 262 g/mol. The van der Waals surface area contributed by atoms with Crippen molar-refractivity contribution in [1.82, 2.24) is 10.2 Å². The molecule has 0 saturated carbocycles. The lowest BCUT2D eigenvalue weighted by molar-refractivity contribution is 0.102. The van der Waals surface area contributed by atoms with Crippen molar-refractivity contribution in [3.63, 3.8) is 0 Å². The summed E-state index contributed by atoms with van der Waals surface area (Å²) in [6, 6.07) is 7.28. The summed E-state index contributed by atoms with van der Waals surface area (Å²) in [6.07, 6.45) is 0.819. The number of anilines is 1. The number of carbonyl (C=O) groups excluding carboxylic acids is 1. The van der Waals surface area contributed by atoms with Gasteiger partial charge in [0.2, 0.25) is 5.13 Å². The maximum Gasteiger partial charge on any atom is 0.257 e. The molecule has 6 heteroatoms. The molecule has 0 unspecified atom stereocenters. The molecule has 1 N–H and O–H groups in total. The van der Waals surface area contributed by atoms with E-state index < -0.39 is 0 Å². The Labute approximate surface area is 115 Å². The number of carbonyl (C=O) groups is 1. The summed E-state index contributed by atoms with van der Waals surface area (Å²) in [7, 11) is 1.64. The summed E-state index contributed by atoms with van der Waals surface area (Å²) in [4.78, 5) is 12.0. The predicted molar refractivity (Wildman–Crippen MR) is 74.4 cm³/mol. The molecular formula is C13H15N3O2S. The summed E-state index contributed by atoms with van der Waals surface area (Å²) < 4.78 is 5.02. The Morgan fingerprint density at radius 2 is 2.05 bits per heavy atom. The summed E-state index contributed by atoms with van der Waals surface area (Å²) in [5, 5.41) is 12.1. The Balaban J connectivity index is 2.02. The number of benzene rings is 1. The molecule has 1 amide bonds. The predicted octanol–water partition coefficient (Wildman–Crippen LogP) is 2.50. The van der Waals surface area contributed by atoms with Gasteiger partial charge in [-0.05, 0) is 24.1 Å². The number of ether oxygens (including phenoxy) is 1. The van der Waals surface area contributed by atoms with Gasteiger partial charge in [0, 0.05) is 12.7 Å². The number of nitrogens with zero attached hydrogens (tertiary/aromatic N) is 2. The van der Waals surface area contributed by atoms with E-state index in [0.29, 0.717) is 17.3 Å². The highest BCUT2D eigenvalue weighted by Gasteiger charge is 2.09. The van der Waals surface area contributed by atoms with E-state index in [-0.39, 0.29) is 5.91 Å². The van der Waals surface area contributed by atoms with Crippen LogP contribution in [-0.2, 0) is 17.8 Å². The Morgan fingerprint density at radius 1 is 1.32 bits per heavy atom. The SMILES string of the molecule is CCc1nnc(NC(=O)c2ccc(COC)cc2)s1. The van der Waals surface area contributed by atoms with Gasteiger partial charge in [-0.1, -0.05) is 30.4 Å². The Hall–Kier alpha value is -1.79. The number of amides is 1. The van der Waals surface area contributed by atoms with E-state index in [2.05, 4.69) is 15.5 Å². The third kappa shape index (κ3) is 3.59. The van der Waals surface area contributed by atoms with E-state index in [1.54, 1.807) is 19.2 Å². The van der Waals surface area contributed by atoms with Gasteiger partial charge in [-0.25, -0.2) is 0 Å². The second kappa shape index (κ2) is 6.40. The minimum absolute atomic E-state index is 0.178. The van der Waals surface area contributed by atoms with E-state index in [1.807, 2.05) is 19.1 Å². The Morgan fingerprint density at radius 3 is 2.63 bits per heavy atom. The molecule has 2 rings (SSSR count). The number of rotatable bonds is 5. The number of methoxy groups -OCH3 is 1. The van der Waals surface area contributed by atoms with Gasteiger partial charge in [-0.15, -0.1) is 10.2 Å². The minimum Gasteiger partial charge on any atom is -0.380 e. The van der Waals surface area contributed by atoms with Gasteiger partial charge in [0.15, 0.2) is 0 Å². The lowest BCUT2D eigenvalue weighted by Crippen LogP contribution is -2.11. The van der Waals surface area contributed by atoms with Crippen LogP contribution in [-0.4, -0.2) is 23.2 Å². The van der Waals surface area contributed by atoms with Crippen molar-refractivity contribution in [1.29, 1.82) is 0 Å². The largest absolute Gasteiger partial charge is 0.380 e. The van der Waals surface area contributed by atoms with Crippen LogP contribution in [0.5, 0.6) is 0 Å². The third-order valence-corrected chi connectivity index (χ3v) is 3.50. The van der Waals surface area contributed by atoms with Crippen LogP contribution in [0.3, 0.4) is 0 Å². The van der Waals surface area contributed by atoms with Crippen molar-refractivity contribution >= 4 is 22.4 Å². The molecule has 0 atom stereocenters. The second-order valence-corrected chi connectivity index (χ2v) is 5.00. The summed E-state index contributed by atoms with van der Waals surface area (Å²) in [5.41, 5.74) is 1.62. The molecule has 0 aliphatic rings. The first-order valence-corrected chi connectivity index (χ1v) is 6.76. The standard InChI is InChI=1S/C13H15N3O2S/c1-3-11-15-16-13(19-11)14-12(17)10-6-4-9(5-7-10)8-18-2/h4-7H,3,8H2,1-2H3,(H,14,16,17). The highest BCUT2D eigenvalue weighted by molar-refractivity contribution is 7.15. The van der Waals surface area contributed by atoms with Crippen LogP contribution in [0.2, 0.25) is 0 Å². The van der Waals surface area contributed by atoms with Gasteiger partial charge in [-0.2, -0.15) is 0 Å². The first-order chi connectivity index (χ1) is 9.22. The molecule has 0 aliphatic carbocycles. The first-order valence-electron chi connectivity index (χ1n) is 5.94. The summed E-state index contributed by atoms with van der Waals surface area (Å²) >= 11 is 1.39. The zero-order chi connectivity index (χ0) is 13.7. The molecule has 19 heavy (non-hydrogen) atoms. The Kier molecular flexibility index (Phi) is 4.59. The third-order valence-electron chi connectivity index (χ3n) is 2.52. The van der Waals surface area contributed by atoms with Crippen LogP contribution in [0.15, 0.2) is 24.3 Å². The van der Waals surface area contributed by atoms with Crippen molar-refractivity contribution in [2.45, 2.75) is 20.0 Å². The average molecular weight is 277 g/mol. The molecule has 0 bridgehead atoms. The molecule has 0 radical (unpaired) electrons. The average Bonchev–Trinajstić information content (AvgIpc) is 2.87. The smallest absolute Gasteiger partial charge is 0.257 e. The minimum atomic E-state index is -0.178. The van der Waals surface area contributed by atoms with E-state index in [4.69, 9.17) is 4.74 Å². The van der Waals surface area contributed by atoms with Crippen LogP contribution in [0.1, 0.15) is 27.9 Å². The van der Waals surface area contributed by atoms with Crippen molar-refractivity contribution in [3.05, 3.63) is 40.4 Å². The van der Waals surface area contributed by atoms with Crippen molar-refractivity contribution < 1.29 is 9.53 Å². The molecule has 0 fully saturated rings. The van der Waals surface area contributed by atoms with E-state index >= 15 is 0 Å². The topological polar surface area (TPSA) is 64.1 Å². The molecule has 1 aromatic carbocycles. The molecule has 1 heterocycles. The van der Waals surface area contributed by atoms with Gasteiger partial charge in [0.1, 0.15) is 5.01 Å². The van der Waals surface area contributed by atoms with Crippen LogP contribution in [0, 0.1) is 0 Å². The lowest BCUT2D eigenvalue weighted by atomic mass is 10.1. The normalized spacial score (nSPS) is 10.4. The van der Waals surface area contributed by atoms with Gasteiger partial charge in [-0.3, -0.25) is 10.1 Å². The maximum atomic E-state index is 12.0. The maximum absolute atomic E-state index is 12.0. The van der Waals surface area contributed by atoms with Crippen molar-refractivity contribution in [2.75, 3.05) is 12.4 Å². The molecule has 100 valence electrons. The van der Waals surface area contributed by atoms with Crippen molar-refractivity contribution in [3.8, 4) is 0 Å². The van der Waals surface area contributed by atoms with E-state index in [1.165, 1.54) is 11.3 Å². The molecule has 2 aromatic rings. The fraction of sp³-hybridized carbons (Fsp3) is 0.308. The zero-order valence-electron chi connectivity index (χ0n) is 10.8. The van der Waals surface area contributed by atoms with Gasteiger partial charge in [0.05, 0.1) is 6.61 Å². The van der Waals surface area contributed by atoms with Gasteiger partial charge in [0.25, 0.3) is 5.91 Å². The Bertz CT molecular complexity index is 551. The number of aromatic nitrogens is 2. The molecule has 0 aliphatic heterocycles. The highest BCUT2D eigenvalue weighted by Crippen LogP contribution is 2.16. The van der Waals surface area contributed by atoms with Gasteiger partial charge >= 0.3 is 0 Å². The lowest BCUT2D eigenvalue weighted by Gasteiger charge is -2.03. The zero-order valence-corrected chi connectivity index (χ0v) is 11.7. The van der Waals surface area contributed by atoms with Gasteiger partial charge < -0.3 is 4.74 Å². The van der Waals surface area contributed by atoms with Crippen LogP contribution < -0.4 is 5.32 Å². The fourth-order valence-electron chi connectivity index (χ4n) is 1.54. The number of hydrogen-bond donors (Lipinski definition) is 1. The number of nitrogens with one attached hydrogen (secondary N) is 1. The summed E-state index contributed by atoms with van der Waals surface area (Å²) in [6.45, 7) is 2.54. The second-order valence-electron chi connectivity index (χ2n) is 3.94. The number of aryl methyl sites for hydroxylation is 1. The van der Waals surface area contributed by atoms with Crippen LogP contribution >= 0.6 is 11.3 Å². The molecule has 1 aromatic heterocycles. The quantitative estimate of drug-likeness (QED) is 0.912. The molecule has 0 spiro atoms. The molecule has 5 nitrogen and oxygen atoms in total. The van der Waals surface area contributed by atoms with Crippen LogP contribution in [0.4, 0.5) is 5.13 Å². The van der Waals surface area contributed by atoms with E-state index in [9.17, 15) is 4.79 Å². The van der Waals surface area contributed by atoms with Crippen LogP contribution in [0.25, 0.3) is 0 Å². The number of hydrogen-bond acceptors (Lipinski definition) is 5. The monoisotopic (exact) mass is 277 g/mol. The highest BCUT2D eigenvalue weighted by atomic mass is 32.1. The first kappa shape index (κ1) is 13.6.